The zero-order valence-corrected chi connectivity index (χ0v) is 15.4. The normalized spacial score (nSPS) is 10.9. The average molecular weight is 379 g/mol. The van der Waals surface area contributed by atoms with Crippen LogP contribution in [0.1, 0.15) is 17.4 Å². The van der Waals surface area contributed by atoms with E-state index in [9.17, 15) is 14.9 Å². The number of anilines is 1. The molecule has 3 rings (SSSR count). The van der Waals surface area contributed by atoms with Gasteiger partial charge < -0.3 is 0 Å². The van der Waals surface area contributed by atoms with Crippen LogP contribution >= 0.6 is 11.3 Å². The molecule has 0 saturated carbocycles. The van der Waals surface area contributed by atoms with Gasteiger partial charge >= 0.3 is 0 Å². The molecule has 2 aromatic carbocycles. The molecule has 1 aromatic heterocycles. The number of benzene rings is 2. The molecular weight excluding hydrogens is 362 g/mol. The summed E-state index contributed by atoms with van der Waals surface area (Å²) < 4.78 is 0. The third-order valence-electron chi connectivity index (χ3n) is 3.80. The standard InChI is InChI=1S/C20H17N3O3S/c1-2-17-19(15-8-4-3-5-9-15)22-20(27-17)21-18(24)12-11-14-7-6-10-16(13-14)23(25)26/h3-13H,2H2,1H3,(H,21,22,24)/b12-11+. The maximum Gasteiger partial charge on any atom is 0.270 e. The lowest BCUT2D eigenvalue weighted by Crippen LogP contribution is -2.07. The van der Waals surface area contributed by atoms with E-state index in [0.29, 0.717) is 10.7 Å². The lowest BCUT2D eigenvalue weighted by atomic mass is 10.1. The largest absolute Gasteiger partial charge is 0.298 e. The van der Waals surface area contributed by atoms with Gasteiger partial charge in [0.25, 0.3) is 5.69 Å². The van der Waals surface area contributed by atoms with Crippen molar-refractivity contribution in [3.05, 3.63) is 81.2 Å². The Hall–Kier alpha value is -3.32. The van der Waals surface area contributed by atoms with Crippen LogP contribution in [0, 0.1) is 10.1 Å². The van der Waals surface area contributed by atoms with Gasteiger partial charge in [-0.3, -0.25) is 20.2 Å². The highest BCUT2D eigenvalue weighted by Gasteiger charge is 2.12. The fraction of sp³-hybridized carbons (Fsp3) is 0.100. The first-order valence-electron chi connectivity index (χ1n) is 8.35. The highest BCUT2D eigenvalue weighted by atomic mass is 32.1. The van der Waals surface area contributed by atoms with E-state index in [1.807, 2.05) is 37.3 Å². The van der Waals surface area contributed by atoms with Crippen molar-refractivity contribution in [3.63, 3.8) is 0 Å². The summed E-state index contributed by atoms with van der Waals surface area (Å²) in [7, 11) is 0. The van der Waals surface area contributed by atoms with Crippen molar-refractivity contribution < 1.29 is 9.72 Å². The number of rotatable bonds is 6. The summed E-state index contributed by atoms with van der Waals surface area (Å²) in [6.07, 6.45) is 3.70. The number of hydrogen-bond donors (Lipinski definition) is 1. The van der Waals surface area contributed by atoms with Crippen LogP contribution in [0.2, 0.25) is 0 Å². The van der Waals surface area contributed by atoms with Crippen LogP contribution in [0.4, 0.5) is 10.8 Å². The van der Waals surface area contributed by atoms with E-state index in [2.05, 4.69) is 10.3 Å². The molecule has 1 amide bonds. The van der Waals surface area contributed by atoms with E-state index in [4.69, 9.17) is 0 Å². The quantitative estimate of drug-likeness (QED) is 0.374. The van der Waals surface area contributed by atoms with Crippen LogP contribution in [0.3, 0.4) is 0 Å². The summed E-state index contributed by atoms with van der Waals surface area (Å²) in [5.41, 5.74) is 2.45. The molecule has 1 heterocycles. The molecule has 0 spiro atoms. The molecular formula is C20H17N3O3S. The van der Waals surface area contributed by atoms with Crippen LogP contribution in [0.25, 0.3) is 17.3 Å². The number of amides is 1. The van der Waals surface area contributed by atoms with Crippen molar-refractivity contribution in [1.82, 2.24) is 4.98 Å². The number of nitrogens with zero attached hydrogens (tertiary/aromatic N) is 2. The number of aromatic nitrogens is 1. The molecule has 0 fully saturated rings. The first-order chi connectivity index (χ1) is 13.1. The van der Waals surface area contributed by atoms with Crippen molar-refractivity contribution >= 4 is 34.1 Å². The molecule has 0 radical (unpaired) electrons. The first kappa shape index (κ1) is 18.5. The fourth-order valence-electron chi connectivity index (χ4n) is 2.53. The minimum atomic E-state index is -0.468. The SMILES string of the molecule is CCc1sc(NC(=O)/C=C/c2cccc([N+](=O)[O-])c2)nc1-c1ccccc1. The lowest BCUT2D eigenvalue weighted by molar-refractivity contribution is -0.384. The molecule has 6 nitrogen and oxygen atoms in total. The summed E-state index contributed by atoms with van der Waals surface area (Å²) in [4.78, 5) is 28.2. The van der Waals surface area contributed by atoms with E-state index in [-0.39, 0.29) is 11.6 Å². The predicted molar refractivity (Wildman–Crippen MR) is 108 cm³/mol. The summed E-state index contributed by atoms with van der Waals surface area (Å²) in [6.45, 7) is 2.05. The highest BCUT2D eigenvalue weighted by Crippen LogP contribution is 2.31. The molecule has 0 unspecified atom stereocenters. The van der Waals surface area contributed by atoms with Gasteiger partial charge in [0.15, 0.2) is 5.13 Å². The maximum atomic E-state index is 12.2. The van der Waals surface area contributed by atoms with Gasteiger partial charge in [-0.05, 0) is 18.1 Å². The minimum absolute atomic E-state index is 0.0161. The lowest BCUT2D eigenvalue weighted by Gasteiger charge is -1.98. The van der Waals surface area contributed by atoms with Crippen LogP contribution in [0.5, 0.6) is 0 Å². The summed E-state index contributed by atoms with van der Waals surface area (Å²) in [6, 6.07) is 15.9. The first-order valence-corrected chi connectivity index (χ1v) is 9.17. The Morgan fingerprint density at radius 2 is 2.00 bits per heavy atom. The van der Waals surface area contributed by atoms with Gasteiger partial charge in [0, 0.05) is 28.6 Å². The molecule has 1 N–H and O–H groups in total. The minimum Gasteiger partial charge on any atom is -0.298 e. The van der Waals surface area contributed by atoms with Crippen LogP contribution in [-0.2, 0) is 11.2 Å². The van der Waals surface area contributed by atoms with Crippen molar-refractivity contribution in [1.29, 1.82) is 0 Å². The van der Waals surface area contributed by atoms with Crippen LogP contribution in [0.15, 0.2) is 60.7 Å². The molecule has 0 aliphatic rings. The molecule has 0 atom stereocenters. The second-order valence-electron chi connectivity index (χ2n) is 5.69. The van der Waals surface area contributed by atoms with E-state index >= 15 is 0 Å². The number of hydrogen-bond acceptors (Lipinski definition) is 5. The number of carbonyl (C=O) groups excluding carboxylic acids is 1. The molecule has 3 aromatic rings. The molecule has 0 bridgehead atoms. The van der Waals surface area contributed by atoms with Gasteiger partial charge in [-0.25, -0.2) is 4.98 Å². The van der Waals surface area contributed by atoms with Gasteiger partial charge in [0.2, 0.25) is 5.91 Å². The van der Waals surface area contributed by atoms with Gasteiger partial charge in [-0.1, -0.05) is 49.4 Å². The molecule has 136 valence electrons. The number of aryl methyl sites for hydroxylation is 1. The molecule has 7 heteroatoms. The average Bonchev–Trinajstić information content (AvgIpc) is 3.10. The van der Waals surface area contributed by atoms with Gasteiger partial charge in [0.05, 0.1) is 10.6 Å². The zero-order chi connectivity index (χ0) is 19.2. The molecule has 0 aliphatic heterocycles. The Labute approximate surface area is 160 Å². The van der Waals surface area contributed by atoms with E-state index in [1.165, 1.54) is 35.6 Å². The predicted octanol–water partition coefficient (Wildman–Crippen LogP) is 4.93. The maximum absolute atomic E-state index is 12.2. The Balaban J connectivity index is 1.74. The Bertz CT molecular complexity index is 997. The number of thiazole rings is 1. The van der Waals surface area contributed by atoms with Crippen LogP contribution in [-0.4, -0.2) is 15.8 Å². The van der Waals surface area contributed by atoms with E-state index in [0.717, 1.165) is 22.6 Å². The second kappa shape index (κ2) is 8.37. The van der Waals surface area contributed by atoms with Crippen molar-refractivity contribution in [2.24, 2.45) is 0 Å². The number of nitrogens with one attached hydrogen (secondary N) is 1. The van der Waals surface area contributed by atoms with E-state index in [1.54, 1.807) is 12.1 Å². The Kier molecular flexibility index (Phi) is 5.73. The van der Waals surface area contributed by atoms with Gasteiger partial charge in [-0.15, -0.1) is 11.3 Å². The molecule has 0 saturated heterocycles. The van der Waals surface area contributed by atoms with E-state index < -0.39 is 4.92 Å². The topological polar surface area (TPSA) is 85.1 Å². The molecule has 0 aliphatic carbocycles. The Morgan fingerprint density at radius 3 is 2.70 bits per heavy atom. The van der Waals surface area contributed by atoms with Crippen LogP contribution < -0.4 is 5.32 Å². The third kappa shape index (κ3) is 4.65. The number of nitro benzene ring substituents is 1. The highest BCUT2D eigenvalue weighted by molar-refractivity contribution is 7.16. The number of nitro groups is 1. The number of carbonyl (C=O) groups is 1. The monoisotopic (exact) mass is 379 g/mol. The smallest absolute Gasteiger partial charge is 0.270 e. The van der Waals surface area contributed by atoms with Gasteiger partial charge in [0.1, 0.15) is 0 Å². The Morgan fingerprint density at radius 1 is 1.22 bits per heavy atom. The molecule has 27 heavy (non-hydrogen) atoms. The van der Waals surface area contributed by atoms with Crippen molar-refractivity contribution in [2.75, 3.05) is 5.32 Å². The number of non-ortho nitro benzene ring substituents is 1. The van der Waals surface area contributed by atoms with Crippen molar-refractivity contribution in [3.8, 4) is 11.3 Å². The summed E-state index contributed by atoms with van der Waals surface area (Å²) >= 11 is 1.44. The summed E-state index contributed by atoms with van der Waals surface area (Å²) in [5, 5.41) is 14.1. The zero-order valence-electron chi connectivity index (χ0n) is 14.6. The third-order valence-corrected chi connectivity index (χ3v) is 4.92. The second-order valence-corrected chi connectivity index (χ2v) is 6.77. The van der Waals surface area contributed by atoms with Gasteiger partial charge in [-0.2, -0.15) is 0 Å². The van der Waals surface area contributed by atoms with Crippen molar-refractivity contribution in [2.45, 2.75) is 13.3 Å². The summed E-state index contributed by atoms with van der Waals surface area (Å²) in [5.74, 6) is -0.336. The fourth-order valence-corrected chi connectivity index (χ4v) is 3.45.